The predicted octanol–water partition coefficient (Wildman–Crippen LogP) is 0.255. The van der Waals surface area contributed by atoms with Crippen molar-refractivity contribution in [1.82, 2.24) is 9.80 Å². The second-order valence-electron chi connectivity index (χ2n) is 5.36. The van der Waals surface area contributed by atoms with E-state index in [1.54, 1.807) is 0 Å². The van der Waals surface area contributed by atoms with Gasteiger partial charge in [-0.2, -0.15) is 0 Å². The second-order valence-corrected chi connectivity index (χ2v) is 5.36. The predicted molar refractivity (Wildman–Crippen MR) is 67.8 cm³/mol. The summed E-state index contributed by atoms with van der Waals surface area (Å²) in [6.45, 7) is 3.77. The molecule has 1 saturated carbocycles. The van der Waals surface area contributed by atoms with Gasteiger partial charge in [-0.25, -0.2) is 0 Å². The number of rotatable bonds is 4. The van der Waals surface area contributed by atoms with Crippen LogP contribution in [0.2, 0.25) is 0 Å². The molecule has 1 aliphatic carbocycles. The van der Waals surface area contributed by atoms with Gasteiger partial charge in [0.1, 0.15) is 0 Å². The third kappa shape index (κ3) is 3.39. The maximum absolute atomic E-state index is 11.1. The Bertz CT molecular complexity index is 306. The fourth-order valence-electron chi connectivity index (χ4n) is 3.14. The molecule has 2 atom stereocenters. The van der Waals surface area contributed by atoms with Crippen molar-refractivity contribution in [3.63, 3.8) is 0 Å². The number of carboxylic acid groups (broad SMARTS) is 1. The third-order valence-electron chi connectivity index (χ3n) is 4.25. The zero-order valence-electron chi connectivity index (χ0n) is 10.8. The molecule has 5 nitrogen and oxygen atoms in total. The molecule has 100 valence electrons. The van der Waals surface area contributed by atoms with Crippen LogP contribution in [0.5, 0.6) is 0 Å². The van der Waals surface area contributed by atoms with Gasteiger partial charge < -0.3 is 0 Å². The first-order valence-corrected chi connectivity index (χ1v) is 6.83. The first kappa shape index (κ1) is 13.7. The molecule has 0 bridgehead atoms. The molecule has 18 heavy (non-hydrogen) atoms. The molecule has 0 aromatic rings. The van der Waals surface area contributed by atoms with Crippen molar-refractivity contribution in [2.75, 3.05) is 32.6 Å². The van der Waals surface area contributed by atoms with E-state index in [4.69, 9.17) is 5.11 Å². The number of hydrogen-bond acceptors (Lipinski definition) is 4. The monoisotopic (exact) mass is 252 g/mol. The first-order valence-electron chi connectivity index (χ1n) is 6.83. The van der Waals surface area contributed by atoms with E-state index in [0.717, 1.165) is 59.0 Å². The Morgan fingerprint density at radius 1 is 1.22 bits per heavy atom. The Morgan fingerprint density at radius 2 is 1.94 bits per heavy atom. The summed E-state index contributed by atoms with van der Waals surface area (Å²) in [6.07, 6.45) is 4.30. The normalized spacial score (nSPS) is 30.9. The van der Waals surface area contributed by atoms with Gasteiger partial charge in [-0.3, -0.25) is 0 Å². The van der Waals surface area contributed by atoms with Crippen LogP contribution in [0, 0.1) is 5.92 Å². The Morgan fingerprint density at radius 3 is 2.56 bits per heavy atom. The second kappa shape index (κ2) is 6.43. The minimum atomic E-state index is -0.640. The van der Waals surface area contributed by atoms with Crippen LogP contribution in [0.15, 0.2) is 0 Å². The Hall–Kier alpha value is -0.745. The van der Waals surface area contributed by atoms with Crippen molar-refractivity contribution in [1.29, 1.82) is 0 Å². The van der Waals surface area contributed by atoms with Gasteiger partial charge in [-0.15, -0.1) is 0 Å². The summed E-state index contributed by atoms with van der Waals surface area (Å²) in [5.74, 6) is -0.795. The zero-order valence-corrected chi connectivity index (χ0v) is 10.8. The summed E-state index contributed by atoms with van der Waals surface area (Å²) >= 11 is 0. The maximum atomic E-state index is 11.1. The number of nitrogens with zero attached hydrogens (tertiary/aromatic N) is 2. The summed E-state index contributed by atoms with van der Waals surface area (Å²) in [7, 11) is 0.955. The van der Waals surface area contributed by atoms with Gasteiger partial charge >= 0.3 is 108 Å². The first-order chi connectivity index (χ1) is 8.70. The topological polar surface area (TPSA) is 60.9 Å². The number of carbonyl (C=O) groups is 1. The summed E-state index contributed by atoms with van der Waals surface area (Å²) in [5, 5.41) is 9.10. The zero-order chi connectivity index (χ0) is 13.0. The quantitative estimate of drug-likeness (QED) is 0.727. The molecule has 0 amide bonds. The summed E-state index contributed by atoms with van der Waals surface area (Å²) in [5.41, 5.74) is 0. The third-order valence-corrected chi connectivity index (χ3v) is 4.25. The molecule has 2 rings (SSSR count). The molecule has 2 unspecified atom stereocenters. The molecule has 0 radical (unpaired) electrons. The minimum absolute atomic E-state index is 0.156. The van der Waals surface area contributed by atoms with Crippen molar-refractivity contribution in [2.24, 2.45) is 5.92 Å². The van der Waals surface area contributed by atoms with Crippen molar-refractivity contribution >= 4 is 13.1 Å². The molecule has 0 spiro atoms. The molecule has 2 aliphatic rings. The molecule has 0 aromatic heterocycles. The van der Waals surface area contributed by atoms with Crippen LogP contribution in [0.1, 0.15) is 25.7 Å². The molecule has 1 aliphatic heterocycles. The van der Waals surface area contributed by atoms with Gasteiger partial charge in [-0.05, 0) is 0 Å². The fourth-order valence-corrected chi connectivity index (χ4v) is 3.14. The van der Waals surface area contributed by atoms with Gasteiger partial charge in [0.05, 0.1) is 0 Å². The molecular formula is C12H21BN2O3. The fraction of sp³-hybridized carbons (Fsp3) is 0.917. The Kier molecular flexibility index (Phi) is 4.89. The van der Waals surface area contributed by atoms with Crippen LogP contribution >= 0.6 is 0 Å². The van der Waals surface area contributed by atoms with E-state index in [1.807, 2.05) is 0 Å². The van der Waals surface area contributed by atoms with Crippen molar-refractivity contribution in [3.05, 3.63) is 0 Å². The molecule has 1 saturated heterocycles. The van der Waals surface area contributed by atoms with Crippen molar-refractivity contribution in [3.8, 4) is 0 Å². The van der Waals surface area contributed by atoms with E-state index in [-0.39, 0.29) is 5.92 Å². The van der Waals surface area contributed by atoms with Crippen LogP contribution in [-0.4, -0.2) is 66.7 Å². The molecule has 2 fully saturated rings. The standard InChI is InChI=1S/C12H21BN2O3/c16-12(17)10-2-1-3-11(8-10)15-6-4-14(5-7-15)9-13-18/h10-11H,1-9H2,(H,16,17). The SMILES string of the molecule is O=BCN1CCN(C2CCCC(C(=O)O)C2)CC1. The summed E-state index contributed by atoms with van der Waals surface area (Å²) in [4.78, 5) is 15.6. The van der Waals surface area contributed by atoms with Crippen LogP contribution in [0.3, 0.4) is 0 Å². The van der Waals surface area contributed by atoms with Crippen LogP contribution in [0.25, 0.3) is 0 Å². The Labute approximate surface area is 108 Å². The van der Waals surface area contributed by atoms with E-state index >= 15 is 0 Å². The molecule has 6 heteroatoms. The van der Waals surface area contributed by atoms with Gasteiger partial charge in [0.25, 0.3) is 0 Å². The summed E-state index contributed by atoms with van der Waals surface area (Å²) < 4.78 is 10.5. The van der Waals surface area contributed by atoms with Gasteiger partial charge in [0, 0.05) is 0 Å². The van der Waals surface area contributed by atoms with E-state index in [0.29, 0.717) is 12.5 Å². The molecule has 1 N–H and O–H groups in total. The van der Waals surface area contributed by atoms with Gasteiger partial charge in [0.2, 0.25) is 0 Å². The number of hydrogen-bond donors (Lipinski definition) is 1. The Balaban J connectivity index is 1.82. The van der Waals surface area contributed by atoms with Crippen molar-refractivity contribution < 1.29 is 14.6 Å². The van der Waals surface area contributed by atoms with Gasteiger partial charge in [-0.1, -0.05) is 0 Å². The number of piperazine rings is 1. The van der Waals surface area contributed by atoms with Gasteiger partial charge in [0.15, 0.2) is 0 Å². The van der Waals surface area contributed by atoms with E-state index in [1.165, 1.54) is 0 Å². The van der Waals surface area contributed by atoms with Crippen LogP contribution in [-0.2, 0) is 9.50 Å². The molecular weight excluding hydrogens is 231 g/mol. The molecule has 0 aromatic carbocycles. The summed E-state index contributed by atoms with van der Waals surface area (Å²) in [6, 6.07) is 0.429. The number of aliphatic carboxylic acids is 1. The average molecular weight is 252 g/mol. The average Bonchev–Trinajstić information content (AvgIpc) is 2.40. The van der Waals surface area contributed by atoms with Crippen molar-refractivity contribution in [2.45, 2.75) is 31.7 Å². The van der Waals surface area contributed by atoms with Crippen LogP contribution < -0.4 is 0 Å². The van der Waals surface area contributed by atoms with E-state index in [9.17, 15) is 9.50 Å². The van der Waals surface area contributed by atoms with Crippen LogP contribution in [0.4, 0.5) is 0 Å². The molecule has 1 heterocycles. The van der Waals surface area contributed by atoms with E-state index < -0.39 is 5.97 Å². The number of carboxylic acids is 1. The van der Waals surface area contributed by atoms with E-state index in [2.05, 4.69) is 9.80 Å².